The average Bonchev–Trinajstić information content (AvgIpc) is 2.70. The fraction of sp³-hybridized carbons (Fsp3) is 0.435. The number of anilines is 1. The Hall–Kier alpha value is -2.29. The Labute approximate surface area is 190 Å². The molecule has 0 saturated carbocycles. The van der Waals surface area contributed by atoms with E-state index in [4.69, 9.17) is 16.7 Å². The van der Waals surface area contributed by atoms with Crippen molar-refractivity contribution >= 4 is 23.3 Å². The molecule has 9 heteroatoms. The number of hydrogen-bond donors (Lipinski definition) is 2. The first-order chi connectivity index (χ1) is 15.0. The Bertz CT molecular complexity index is 977. The van der Waals surface area contributed by atoms with Gasteiger partial charge in [-0.05, 0) is 48.7 Å². The number of halogens is 4. The second kappa shape index (κ2) is 9.68. The van der Waals surface area contributed by atoms with Crippen LogP contribution in [0.5, 0.6) is 0 Å². The maximum Gasteiger partial charge on any atom is 0.417 e. The van der Waals surface area contributed by atoms with Gasteiger partial charge in [-0.15, -0.1) is 0 Å². The third kappa shape index (κ3) is 5.19. The highest BCUT2D eigenvalue weighted by atomic mass is 35.5. The molecule has 2 aromatic rings. The van der Waals surface area contributed by atoms with Gasteiger partial charge in [-0.25, -0.2) is 0 Å². The van der Waals surface area contributed by atoms with E-state index in [1.54, 1.807) is 6.07 Å². The van der Waals surface area contributed by atoms with Gasteiger partial charge in [-0.2, -0.15) is 13.2 Å². The van der Waals surface area contributed by atoms with E-state index < -0.39 is 17.7 Å². The highest BCUT2D eigenvalue weighted by Crippen LogP contribution is 2.38. The van der Waals surface area contributed by atoms with Crippen molar-refractivity contribution in [3.63, 3.8) is 0 Å². The van der Waals surface area contributed by atoms with Crippen LogP contribution in [0.25, 0.3) is 0 Å². The molecule has 32 heavy (non-hydrogen) atoms. The van der Waals surface area contributed by atoms with Crippen LogP contribution < -0.4 is 4.90 Å². The number of likely N-dealkylation sites (tertiary alicyclic amines) is 1. The van der Waals surface area contributed by atoms with E-state index in [9.17, 15) is 23.1 Å². The molecule has 0 aromatic heterocycles. The zero-order chi connectivity index (χ0) is 23.6. The van der Waals surface area contributed by atoms with Crippen molar-refractivity contribution in [1.82, 2.24) is 4.90 Å². The van der Waals surface area contributed by atoms with Crippen molar-refractivity contribution in [2.24, 2.45) is 5.92 Å². The van der Waals surface area contributed by atoms with Gasteiger partial charge in [0.1, 0.15) is 0 Å². The second-order valence-electron chi connectivity index (χ2n) is 8.04. The van der Waals surface area contributed by atoms with Gasteiger partial charge in [-0.1, -0.05) is 29.8 Å². The van der Waals surface area contributed by atoms with Crippen molar-refractivity contribution in [1.29, 1.82) is 0 Å². The summed E-state index contributed by atoms with van der Waals surface area (Å²) in [7, 11) is 0. The second-order valence-corrected chi connectivity index (χ2v) is 8.45. The fourth-order valence-electron chi connectivity index (χ4n) is 4.07. The molecule has 1 saturated heterocycles. The van der Waals surface area contributed by atoms with Crippen molar-refractivity contribution in [2.75, 3.05) is 24.5 Å². The number of nitrogens with zero attached hydrogens (tertiary/aromatic N) is 2. The SMILES string of the molecule is CCN(c1ccc(Cl)c(C(F)(F)F)c1)C(C)c1ccc(CO)c(CN2CC(C(=O)O)C2)c1. The summed E-state index contributed by atoms with van der Waals surface area (Å²) in [5.74, 6) is -1.19. The molecule has 1 aliphatic rings. The molecule has 2 aromatic carbocycles. The Morgan fingerprint density at radius 1 is 1.22 bits per heavy atom. The summed E-state index contributed by atoms with van der Waals surface area (Å²) in [4.78, 5) is 14.9. The molecule has 1 heterocycles. The van der Waals surface area contributed by atoms with Crippen molar-refractivity contribution < 1.29 is 28.2 Å². The molecule has 2 N–H and O–H groups in total. The number of hydrogen-bond acceptors (Lipinski definition) is 4. The molecule has 5 nitrogen and oxygen atoms in total. The maximum atomic E-state index is 13.3. The molecule has 0 amide bonds. The lowest BCUT2D eigenvalue weighted by Gasteiger charge is -2.37. The summed E-state index contributed by atoms with van der Waals surface area (Å²) in [5.41, 5.74) is 2.05. The molecule has 0 radical (unpaired) electrons. The Morgan fingerprint density at radius 3 is 2.47 bits per heavy atom. The minimum Gasteiger partial charge on any atom is -0.481 e. The van der Waals surface area contributed by atoms with Gasteiger partial charge in [0.2, 0.25) is 0 Å². The van der Waals surface area contributed by atoms with E-state index in [0.29, 0.717) is 31.9 Å². The van der Waals surface area contributed by atoms with Crippen LogP contribution >= 0.6 is 11.6 Å². The molecule has 3 rings (SSSR count). The van der Waals surface area contributed by atoms with Crippen LogP contribution in [0.3, 0.4) is 0 Å². The predicted octanol–water partition coefficient (Wildman–Crippen LogP) is 4.96. The van der Waals surface area contributed by atoms with Gasteiger partial charge >= 0.3 is 12.1 Å². The maximum absolute atomic E-state index is 13.3. The molecule has 1 aliphatic heterocycles. The van der Waals surface area contributed by atoms with E-state index in [2.05, 4.69) is 0 Å². The average molecular weight is 471 g/mol. The normalized spacial score (nSPS) is 16.0. The van der Waals surface area contributed by atoms with E-state index in [-0.39, 0.29) is 23.6 Å². The molecule has 174 valence electrons. The van der Waals surface area contributed by atoms with Gasteiger partial charge in [0.25, 0.3) is 0 Å². The summed E-state index contributed by atoms with van der Waals surface area (Å²) in [6.07, 6.45) is -4.54. The van der Waals surface area contributed by atoms with E-state index in [0.717, 1.165) is 22.8 Å². The first-order valence-electron chi connectivity index (χ1n) is 10.4. The van der Waals surface area contributed by atoms with Crippen molar-refractivity contribution in [3.8, 4) is 0 Å². The summed E-state index contributed by atoms with van der Waals surface area (Å²) in [5, 5.41) is 18.4. The zero-order valence-corrected chi connectivity index (χ0v) is 18.6. The number of carboxylic acids is 1. The standard InChI is InChI=1S/C23H26ClF3N2O3/c1-3-29(19-6-7-21(24)20(9-19)23(25,26)27)14(2)15-4-5-16(13-30)17(8-15)10-28-11-18(12-28)22(31)32/h4-9,14,18,30H,3,10-13H2,1-2H3,(H,31,32). The number of carboxylic acid groups (broad SMARTS) is 1. The number of aliphatic hydroxyl groups is 1. The van der Waals surface area contributed by atoms with E-state index in [1.165, 1.54) is 6.07 Å². The molecule has 1 atom stereocenters. The van der Waals surface area contributed by atoms with Crippen LogP contribution in [-0.4, -0.2) is 40.7 Å². The van der Waals surface area contributed by atoms with Crippen molar-refractivity contribution in [2.45, 2.75) is 39.2 Å². The quantitative estimate of drug-likeness (QED) is 0.571. The van der Waals surface area contributed by atoms with Crippen LogP contribution in [0, 0.1) is 5.92 Å². The Kier molecular flexibility index (Phi) is 7.37. The lowest BCUT2D eigenvalue weighted by atomic mass is 9.95. The van der Waals surface area contributed by atoms with Gasteiger partial charge in [-0.3, -0.25) is 9.69 Å². The van der Waals surface area contributed by atoms with Crippen LogP contribution in [0.1, 0.15) is 42.1 Å². The van der Waals surface area contributed by atoms with Crippen LogP contribution in [0.15, 0.2) is 36.4 Å². The highest BCUT2D eigenvalue weighted by Gasteiger charge is 2.34. The largest absolute Gasteiger partial charge is 0.481 e. The number of aliphatic carboxylic acids is 1. The minimum atomic E-state index is -4.54. The molecular formula is C23H26ClF3N2O3. The first-order valence-corrected chi connectivity index (χ1v) is 10.7. The smallest absolute Gasteiger partial charge is 0.417 e. The fourth-order valence-corrected chi connectivity index (χ4v) is 4.30. The molecule has 0 bridgehead atoms. The Morgan fingerprint density at radius 2 is 1.91 bits per heavy atom. The van der Waals surface area contributed by atoms with Gasteiger partial charge < -0.3 is 15.1 Å². The molecule has 1 unspecified atom stereocenters. The lowest BCUT2D eigenvalue weighted by Crippen LogP contribution is -2.49. The van der Waals surface area contributed by atoms with Gasteiger partial charge in [0.05, 0.1) is 29.2 Å². The zero-order valence-electron chi connectivity index (χ0n) is 17.9. The van der Waals surface area contributed by atoms with Gasteiger partial charge in [0, 0.05) is 31.9 Å². The Balaban J connectivity index is 1.86. The highest BCUT2D eigenvalue weighted by molar-refractivity contribution is 6.31. The molecule has 1 fully saturated rings. The molecule has 0 aliphatic carbocycles. The topological polar surface area (TPSA) is 64.0 Å². The lowest BCUT2D eigenvalue weighted by molar-refractivity contribution is -0.147. The third-order valence-corrected chi connectivity index (χ3v) is 6.31. The van der Waals surface area contributed by atoms with Crippen LogP contribution in [0.2, 0.25) is 5.02 Å². The summed E-state index contributed by atoms with van der Waals surface area (Å²) in [6.45, 7) is 5.51. The first kappa shape index (κ1) is 24.4. The summed E-state index contributed by atoms with van der Waals surface area (Å²) in [6, 6.07) is 9.28. The molecule has 0 spiro atoms. The summed E-state index contributed by atoms with van der Waals surface area (Å²) < 4.78 is 40.0. The van der Waals surface area contributed by atoms with Crippen LogP contribution in [0.4, 0.5) is 18.9 Å². The summed E-state index contributed by atoms with van der Waals surface area (Å²) >= 11 is 5.77. The van der Waals surface area contributed by atoms with Crippen LogP contribution in [-0.2, 0) is 24.1 Å². The predicted molar refractivity (Wildman–Crippen MR) is 117 cm³/mol. The number of benzene rings is 2. The van der Waals surface area contributed by atoms with E-state index in [1.807, 2.05) is 41.8 Å². The number of carbonyl (C=O) groups is 1. The van der Waals surface area contributed by atoms with E-state index >= 15 is 0 Å². The number of rotatable bonds is 8. The third-order valence-electron chi connectivity index (χ3n) is 5.98. The number of alkyl halides is 3. The number of aliphatic hydroxyl groups excluding tert-OH is 1. The molecular weight excluding hydrogens is 445 g/mol. The van der Waals surface area contributed by atoms with Gasteiger partial charge in [0.15, 0.2) is 0 Å². The minimum absolute atomic E-state index is 0.149. The monoisotopic (exact) mass is 470 g/mol. The van der Waals surface area contributed by atoms with Crippen molar-refractivity contribution in [3.05, 3.63) is 63.7 Å².